The van der Waals surface area contributed by atoms with Crippen molar-refractivity contribution in [1.29, 1.82) is 0 Å². The highest BCUT2D eigenvalue weighted by Crippen LogP contribution is 2.51. The number of amides is 3. The van der Waals surface area contributed by atoms with Crippen molar-refractivity contribution in [2.24, 2.45) is 0 Å². The van der Waals surface area contributed by atoms with Crippen molar-refractivity contribution in [3.05, 3.63) is 35.6 Å². The SMILES string of the molecule is O=C1COC2CCN(C(=O)N3CCN(C4(c5ccc(F)cc5)CC4)CC3)CC2N1. The summed E-state index contributed by atoms with van der Waals surface area (Å²) in [7, 11) is 0. The second-order valence-electron chi connectivity index (χ2n) is 8.55. The lowest BCUT2D eigenvalue weighted by Crippen LogP contribution is -2.63. The number of carbonyl (C=O) groups is 2. The summed E-state index contributed by atoms with van der Waals surface area (Å²) in [5, 5.41) is 2.95. The number of benzene rings is 1. The first-order valence-electron chi connectivity index (χ1n) is 10.5. The van der Waals surface area contributed by atoms with Crippen LogP contribution in [0.5, 0.6) is 0 Å². The Kier molecular flexibility index (Phi) is 4.70. The topological polar surface area (TPSA) is 65.1 Å². The standard InChI is InChI=1S/C21H27FN4O3/c22-16-3-1-15(2-4-16)21(6-7-21)26-11-9-24(10-12-26)20(28)25-8-5-18-17(13-25)23-19(27)14-29-18/h1-4,17-18H,5-14H2,(H,23,27). The van der Waals surface area contributed by atoms with Gasteiger partial charge in [0, 0.05) is 44.8 Å². The molecule has 156 valence electrons. The Balaban J connectivity index is 1.18. The van der Waals surface area contributed by atoms with Gasteiger partial charge in [-0.25, -0.2) is 9.18 Å². The molecule has 4 fully saturated rings. The molecule has 1 N–H and O–H groups in total. The summed E-state index contributed by atoms with van der Waals surface area (Å²) in [5.41, 5.74) is 1.19. The van der Waals surface area contributed by atoms with Crippen molar-refractivity contribution in [3.63, 3.8) is 0 Å². The van der Waals surface area contributed by atoms with Crippen molar-refractivity contribution >= 4 is 11.9 Å². The number of morpholine rings is 1. The van der Waals surface area contributed by atoms with E-state index >= 15 is 0 Å². The molecule has 7 nitrogen and oxygen atoms in total. The Bertz CT molecular complexity index is 790. The van der Waals surface area contributed by atoms with E-state index in [1.54, 1.807) is 0 Å². The van der Waals surface area contributed by atoms with Crippen LogP contribution in [-0.2, 0) is 15.1 Å². The lowest BCUT2D eigenvalue weighted by molar-refractivity contribution is -0.139. The minimum atomic E-state index is -0.205. The Morgan fingerprint density at radius 2 is 1.79 bits per heavy atom. The van der Waals surface area contributed by atoms with Gasteiger partial charge < -0.3 is 19.9 Å². The number of rotatable bonds is 2. The third-order valence-electron chi connectivity index (χ3n) is 6.86. The lowest BCUT2D eigenvalue weighted by atomic mass is 10.0. The van der Waals surface area contributed by atoms with Crippen LogP contribution in [0, 0.1) is 5.82 Å². The second kappa shape index (κ2) is 7.25. The number of piperidine rings is 1. The quantitative estimate of drug-likeness (QED) is 0.806. The van der Waals surface area contributed by atoms with E-state index in [1.165, 1.54) is 17.7 Å². The molecule has 1 saturated carbocycles. The molecule has 2 atom stereocenters. The number of nitrogens with one attached hydrogen (secondary N) is 1. The fourth-order valence-electron chi connectivity index (χ4n) is 5.07. The molecular formula is C21H27FN4O3. The largest absolute Gasteiger partial charge is 0.366 e. The van der Waals surface area contributed by atoms with E-state index < -0.39 is 0 Å². The molecule has 3 amide bonds. The van der Waals surface area contributed by atoms with Crippen LogP contribution in [0.3, 0.4) is 0 Å². The van der Waals surface area contributed by atoms with Crippen molar-refractivity contribution in [1.82, 2.24) is 20.0 Å². The van der Waals surface area contributed by atoms with E-state index in [4.69, 9.17) is 4.74 Å². The molecule has 1 aromatic carbocycles. The fraction of sp³-hybridized carbons (Fsp3) is 0.619. The normalized spacial score (nSPS) is 29.2. The molecule has 29 heavy (non-hydrogen) atoms. The molecule has 0 bridgehead atoms. The maximum Gasteiger partial charge on any atom is 0.320 e. The summed E-state index contributed by atoms with van der Waals surface area (Å²) in [6.45, 7) is 4.31. The highest BCUT2D eigenvalue weighted by molar-refractivity contribution is 5.79. The molecule has 8 heteroatoms. The van der Waals surface area contributed by atoms with Crippen LogP contribution in [-0.4, -0.2) is 84.7 Å². The van der Waals surface area contributed by atoms with E-state index in [-0.39, 0.29) is 42.0 Å². The van der Waals surface area contributed by atoms with Gasteiger partial charge in [-0.05, 0) is 37.0 Å². The first kappa shape index (κ1) is 18.8. The maximum absolute atomic E-state index is 13.3. The number of carbonyl (C=O) groups excluding carboxylic acids is 2. The Hall–Kier alpha value is -2.19. The first-order chi connectivity index (χ1) is 14.0. The monoisotopic (exact) mass is 402 g/mol. The minimum Gasteiger partial charge on any atom is -0.366 e. The molecule has 0 aromatic heterocycles. The summed E-state index contributed by atoms with van der Waals surface area (Å²) < 4.78 is 18.9. The summed E-state index contributed by atoms with van der Waals surface area (Å²) >= 11 is 0. The molecule has 0 spiro atoms. The molecule has 3 saturated heterocycles. The molecule has 1 aliphatic carbocycles. The predicted molar refractivity (Wildman–Crippen MR) is 104 cm³/mol. The van der Waals surface area contributed by atoms with Crippen LogP contribution in [0.15, 0.2) is 24.3 Å². The number of urea groups is 1. The first-order valence-corrected chi connectivity index (χ1v) is 10.5. The summed E-state index contributed by atoms with van der Waals surface area (Å²) in [4.78, 5) is 30.8. The van der Waals surface area contributed by atoms with E-state index in [2.05, 4.69) is 10.2 Å². The highest BCUT2D eigenvalue weighted by atomic mass is 19.1. The number of likely N-dealkylation sites (tertiary alicyclic amines) is 1. The summed E-state index contributed by atoms with van der Waals surface area (Å²) in [6, 6.07) is 6.80. The average molecular weight is 402 g/mol. The zero-order valence-corrected chi connectivity index (χ0v) is 16.5. The van der Waals surface area contributed by atoms with Crippen LogP contribution in [0.4, 0.5) is 9.18 Å². The minimum absolute atomic E-state index is 0.0130. The second-order valence-corrected chi connectivity index (χ2v) is 8.55. The number of fused-ring (bicyclic) bond motifs is 1. The third kappa shape index (κ3) is 3.48. The Labute approximate surface area is 169 Å². The molecule has 2 unspecified atom stereocenters. The van der Waals surface area contributed by atoms with Gasteiger partial charge in [0.05, 0.1) is 12.1 Å². The summed E-state index contributed by atoms with van der Waals surface area (Å²) in [6.07, 6.45) is 2.94. The van der Waals surface area contributed by atoms with Crippen LogP contribution in [0.1, 0.15) is 24.8 Å². The van der Waals surface area contributed by atoms with Crippen molar-refractivity contribution in [3.8, 4) is 0 Å². The number of piperazine rings is 1. The predicted octanol–water partition coefficient (Wildman–Crippen LogP) is 1.14. The van der Waals surface area contributed by atoms with Gasteiger partial charge in [0.1, 0.15) is 12.4 Å². The molecule has 4 aliphatic rings. The van der Waals surface area contributed by atoms with E-state index in [0.717, 1.165) is 32.4 Å². The summed E-state index contributed by atoms with van der Waals surface area (Å²) in [5.74, 6) is -0.312. The smallest absolute Gasteiger partial charge is 0.320 e. The van der Waals surface area contributed by atoms with Crippen LogP contribution >= 0.6 is 0 Å². The van der Waals surface area contributed by atoms with Gasteiger partial charge in [-0.1, -0.05) is 12.1 Å². The van der Waals surface area contributed by atoms with Gasteiger partial charge >= 0.3 is 6.03 Å². The van der Waals surface area contributed by atoms with Gasteiger partial charge in [-0.2, -0.15) is 0 Å². The zero-order chi connectivity index (χ0) is 20.0. The van der Waals surface area contributed by atoms with Gasteiger partial charge in [0.15, 0.2) is 0 Å². The number of hydrogen-bond donors (Lipinski definition) is 1. The molecular weight excluding hydrogens is 375 g/mol. The van der Waals surface area contributed by atoms with E-state index in [9.17, 15) is 14.0 Å². The Morgan fingerprint density at radius 1 is 1.07 bits per heavy atom. The number of hydrogen-bond acceptors (Lipinski definition) is 4. The molecule has 3 heterocycles. The third-order valence-corrected chi connectivity index (χ3v) is 6.86. The number of nitrogens with zero attached hydrogens (tertiary/aromatic N) is 3. The van der Waals surface area contributed by atoms with Crippen LogP contribution in [0.25, 0.3) is 0 Å². The van der Waals surface area contributed by atoms with E-state index in [1.807, 2.05) is 21.9 Å². The van der Waals surface area contributed by atoms with Gasteiger partial charge in [0.25, 0.3) is 0 Å². The Morgan fingerprint density at radius 3 is 2.48 bits per heavy atom. The molecule has 5 rings (SSSR count). The number of ether oxygens (including phenoxy) is 1. The average Bonchev–Trinajstić information content (AvgIpc) is 3.55. The van der Waals surface area contributed by atoms with Crippen molar-refractivity contribution in [2.45, 2.75) is 36.9 Å². The van der Waals surface area contributed by atoms with Crippen molar-refractivity contribution < 1.29 is 18.7 Å². The van der Waals surface area contributed by atoms with E-state index in [0.29, 0.717) is 26.2 Å². The van der Waals surface area contributed by atoms with Crippen LogP contribution in [0.2, 0.25) is 0 Å². The molecule has 1 aromatic rings. The molecule has 3 aliphatic heterocycles. The lowest BCUT2D eigenvalue weighted by Gasteiger charge is -2.45. The number of halogens is 1. The maximum atomic E-state index is 13.3. The molecule has 0 radical (unpaired) electrons. The van der Waals surface area contributed by atoms with Crippen molar-refractivity contribution in [2.75, 3.05) is 45.9 Å². The van der Waals surface area contributed by atoms with Crippen LogP contribution < -0.4 is 5.32 Å². The fourth-order valence-corrected chi connectivity index (χ4v) is 5.07. The van der Waals surface area contributed by atoms with Gasteiger partial charge in [0.2, 0.25) is 5.91 Å². The van der Waals surface area contributed by atoms with Gasteiger partial charge in [-0.3, -0.25) is 9.69 Å². The highest BCUT2D eigenvalue weighted by Gasteiger charge is 2.50. The zero-order valence-electron chi connectivity index (χ0n) is 16.5. The van der Waals surface area contributed by atoms with Gasteiger partial charge in [-0.15, -0.1) is 0 Å².